The Bertz CT molecular complexity index is 788. The van der Waals surface area contributed by atoms with Crippen molar-refractivity contribution in [2.75, 3.05) is 6.54 Å². The summed E-state index contributed by atoms with van der Waals surface area (Å²) in [5.74, 6) is 0.0765. The average molecular weight is 445 g/mol. The highest BCUT2D eigenvalue weighted by Crippen LogP contribution is 2.25. The van der Waals surface area contributed by atoms with Gasteiger partial charge in [0.25, 0.3) is 0 Å². The lowest BCUT2D eigenvalue weighted by Crippen LogP contribution is -2.34. The molecule has 8 heteroatoms. The van der Waals surface area contributed by atoms with Crippen LogP contribution in [0.5, 0.6) is 0 Å². The molecule has 0 radical (unpaired) electrons. The van der Waals surface area contributed by atoms with Crippen molar-refractivity contribution in [3.8, 4) is 0 Å². The van der Waals surface area contributed by atoms with Crippen molar-refractivity contribution in [3.63, 3.8) is 0 Å². The number of sulfonamides is 1. The van der Waals surface area contributed by atoms with Crippen LogP contribution in [-0.2, 0) is 14.8 Å². The lowest BCUT2D eigenvalue weighted by molar-refractivity contribution is -0.122. The summed E-state index contributed by atoms with van der Waals surface area (Å²) < 4.78 is 27.6. The van der Waals surface area contributed by atoms with Crippen LogP contribution in [0.25, 0.3) is 0 Å². The van der Waals surface area contributed by atoms with E-state index in [1.807, 2.05) is 31.4 Å². The Morgan fingerprint density at radius 1 is 1.20 bits per heavy atom. The maximum Gasteiger partial charge on any atom is 0.240 e. The third-order valence-corrected chi connectivity index (χ3v) is 6.56. The Hall–Kier alpha value is -1.22. The summed E-state index contributed by atoms with van der Waals surface area (Å²) in [6, 6.07) is 10.2. The minimum atomic E-state index is -3.61. The quantitative estimate of drug-likeness (QED) is 0.651. The third kappa shape index (κ3) is 5.91. The zero-order chi connectivity index (χ0) is 18.4. The van der Waals surface area contributed by atoms with Gasteiger partial charge in [0.05, 0.1) is 10.9 Å². The molecule has 1 heterocycles. The van der Waals surface area contributed by atoms with Crippen LogP contribution in [0.2, 0.25) is 0 Å². The number of amides is 1. The molecule has 1 atom stereocenters. The second-order valence-electron chi connectivity index (χ2n) is 5.91. The monoisotopic (exact) mass is 444 g/mol. The minimum absolute atomic E-state index is 0.0550. The molecule has 0 fully saturated rings. The van der Waals surface area contributed by atoms with E-state index < -0.39 is 10.0 Å². The first kappa shape index (κ1) is 20.1. The first-order valence-corrected chi connectivity index (χ1v) is 11.0. The standard InChI is InChI=1S/C17H21BrN2O3S2/c1-12(2)17(15-4-3-11-24-15)20-16(21)9-10-19-25(22,23)14-7-5-13(18)6-8-14/h3-8,11-12,17,19H,9-10H2,1-2H3,(H,20,21)/t17-/m1/s1. The lowest BCUT2D eigenvalue weighted by atomic mass is 10.0. The van der Waals surface area contributed by atoms with E-state index in [2.05, 4.69) is 26.0 Å². The maximum atomic E-state index is 12.2. The van der Waals surface area contributed by atoms with Crippen LogP contribution in [0, 0.1) is 5.92 Å². The normalized spacial score (nSPS) is 13.0. The SMILES string of the molecule is CC(C)[C@@H](NC(=O)CCNS(=O)(=O)c1ccc(Br)cc1)c1cccs1. The number of hydrogen-bond donors (Lipinski definition) is 2. The molecule has 1 aromatic heterocycles. The number of carbonyl (C=O) groups excluding carboxylic acids is 1. The van der Waals surface area contributed by atoms with Crippen molar-refractivity contribution in [2.24, 2.45) is 5.92 Å². The van der Waals surface area contributed by atoms with Gasteiger partial charge in [-0.15, -0.1) is 11.3 Å². The Balaban J connectivity index is 1.88. The van der Waals surface area contributed by atoms with Crippen molar-refractivity contribution >= 4 is 43.2 Å². The number of nitrogens with one attached hydrogen (secondary N) is 2. The van der Waals surface area contributed by atoms with E-state index in [4.69, 9.17) is 0 Å². The van der Waals surface area contributed by atoms with Gasteiger partial charge in [0.15, 0.2) is 0 Å². The van der Waals surface area contributed by atoms with Gasteiger partial charge in [-0.05, 0) is 41.6 Å². The molecule has 1 aromatic carbocycles. The molecule has 0 bridgehead atoms. The smallest absolute Gasteiger partial charge is 0.240 e. The molecule has 0 unspecified atom stereocenters. The summed E-state index contributed by atoms with van der Waals surface area (Å²) >= 11 is 4.87. The van der Waals surface area contributed by atoms with E-state index >= 15 is 0 Å². The fourth-order valence-corrected chi connectivity index (χ4v) is 4.52. The Labute approximate surface area is 161 Å². The molecule has 2 N–H and O–H groups in total. The number of benzene rings is 1. The molecule has 136 valence electrons. The van der Waals surface area contributed by atoms with Crippen LogP contribution in [0.3, 0.4) is 0 Å². The fourth-order valence-electron chi connectivity index (χ4n) is 2.28. The van der Waals surface area contributed by atoms with E-state index in [1.165, 1.54) is 12.1 Å². The predicted octanol–water partition coefficient (Wildman–Crippen LogP) is 3.69. The summed E-state index contributed by atoms with van der Waals surface area (Å²) in [5, 5.41) is 4.96. The summed E-state index contributed by atoms with van der Waals surface area (Å²) in [4.78, 5) is 13.4. The molecule has 0 saturated carbocycles. The molecule has 0 spiro atoms. The van der Waals surface area contributed by atoms with E-state index in [-0.39, 0.29) is 35.7 Å². The van der Waals surface area contributed by atoms with Crippen molar-refractivity contribution in [1.82, 2.24) is 10.0 Å². The van der Waals surface area contributed by atoms with Crippen LogP contribution in [0.4, 0.5) is 0 Å². The molecule has 5 nitrogen and oxygen atoms in total. The molecule has 2 aromatic rings. The number of hydrogen-bond acceptors (Lipinski definition) is 4. The fraction of sp³-hybridized carbons (Fsp3) is 0.353. The van der Waals surface area contributed by atoms with Crippen molar-refractivity contribution < 1.29 is 13.2 Å². The van der Waals surface area contributed by atoms with Gasteiger partial charge in [-0.25, -0.2) is 13.1 Å². The molecule has 0 saturated heterocycles. The van der Waals surface area contributed by atoms with Gasteiger partial charge in [-0.2, -0.15) is 0 Å². The highest BCUT2D eigenvalue weighted by atomic mass is 79.9. The Morgan fingerprint density at radius 3 is 2.44 bits per heavy atom. The molecule has 25 heavy (non-hydrogen) atoms. The zero-order valence-electron chi connectivity index (χ0n) is 14.0. The van der Waals surface area contributed by atoms with Crippen LogP contribution in [0.15, 0.2) is 51.1 Å². The van der Waals surface area contributed by atoms with E-state index in [1.54, 1.807) is 23.5 Å². The molecular weight excluding hydrogens is 424 g/mol. The number of carbonyl (C=O) groups is 1. The molecular formula is C17H21BrN2O3S2. The second-order valence-corrected chi connectivity index (χ2v) is 9.57. The van der Waals surface area contributed by atoms with Gasteiger partial charge in [-0.1, -0.05) is 35.8 Å². The van der Waals surface area contributed by atoms with Gasteiger partial charge in [0.1, 0.15) is 0 Å². The highest BCUT2D eigenvalue weighted by Gasteiger charge is 2.20. The van der Waals surface area contributed by atoms with Crippen LogP contribution < -0.4 is 10.0 Å². The Kier molecular flexibility index (Phi) is 7.18. The van der Waals surface area contributed by atoms with Gasteiger partial charge in [-0.3, -0.25) is 4.79 Å². The number of thiophene rings is 1. The molecule has 0 aliphatic heterocycles. The molecule has 0 aliphatic rings. The summed E-state index contributed by atoms with van der Waals surface area (Å²) in [5.41, 5.74) is 0. The number of rotatable bonds is 8. The molecule has 0 aliphatic carbocycles. The van der Waals surface area contributed by atoms with Gasteiger partial charge in [0.2, 0.25) is 15.9 Å². The number of halogens is 1. The van der Waals surface area contributed by atoms with Crippen LogP contribution >= 0.6 is 27.3 Å². The van der Waals surface area contributed by atoms with E-state index in [0.717, 1.165) is 9.35 Å². The van der Waals surface area contributed by atoms with E-state index in [9.17, 15) is 13.2 Å². The van der Waals surface area contributed by atoms with Crippen LogP contribution in [-0.4, -0.2) is 20.9 Å². The second kappa shape index (κ2) is 8.93. The predicted molar refractivity (Wildman–Crippen MR) is 104 cm³/mol. The third-order valence-electron chi connectivity index (χ3n) is 3.60. The van der Waals surface area contributed by atoms with Crippen molar-refractivity contribution in [2.45, 2.75) is 31.2 Å². The van der Waals surface area contributed by atoms with Gasteiger partial charge in [0, 0.05) is 22.3 Å². The first-order chi connectivity index (χ1) is 11.8. The van der Waals surface area contributed by atoms with Gasteiger partial charge >= 0.3 is 0 Å². The maximum absolute atomic E-state index is 12.2. The van der Waals surface area contributed by atoms with Crippen molar-refractivity contribution in [3.05, 3.63) is 51.1 Å². The van der Waals surface area contributed by atoms with Crippen molar-refractivity contribution in [1.29, 1.82) is 0 Å². The minimum Gasteiger partial charge on any atom is -0.348 e. The summed E-state index contributed by atoms with van der Waals surface area (Å²) in [6.45, 7) is 4.14. The highest BCUT2D eigenvalue weighted by molar-refractivity contribution is 9.10. The van der Waals surface area contributed by atoms with Gasteiger partial charge < -0.3 is 5.32 Å². The largest absolute Gasteiger partial charge is 0.348 e. The topological polar surface area (TPSA) is 75.3 Å². The van der Waals surface area contributed by atoms with E-state index in [0.29, 0.717) is 0 Å². The summed E-state index contributed by atoms with van der Waals surface area (Å²) in [6.07, 6.45) is 0.0877. The first-order valence-electron chi connectivity index (χ1n) is 7.87. The summed E-state index contributed by atoms with van der Waals surface area (Å²) in [7, 11) is -3.61. The Morgan fingerprint density at radius 2 is 1.88 bits per heavy atom. The average Bonchev–Trinajstić information content (AvgIpc) is 3.06. The van der Waals surface area contributed by atoms with Crippen LogP contribution in [0.1, 0.15) is 31.2 Å². The zero-order valence-corrected chi connectivity index (χ0v) is 17.2. The molecule has 2 rings (SSSR count). The molecule has 1 amide bonds. The lowest BCUT2D eigenvalue weighted by Gasteiger charge is -2.21.